The first-order chi connectivity index (χ1) is 5.86. The molecule has 0 spiro atoms. The Kier molecular flexibility index (Phi) is 4.13. The molecule has 0 saturated heterocycles. The van der Waals surface area contributed by atoms with Gasteiger partial charge in [-0.3, -0.25) is 0 Å². The summed E-state index contributed by atoms with van der Waals surface area (Å²) < 4.78 is 5.33. The SMILES string of the molecule is CSc1ncc(CNCCN)o1. The number of nitrogens with one attached hydrogen (secondary N) is 1. The molecule has 0 bridgehead atoms. The lowest BCUT2D eigenvalue weighted by Crippen LogP contribution is -2.21. The zero-order valence-electron chi connectivity index (χ0n) is 7.04. The largest absolute Gasteiger partial charge is 0.435 e. The van der Waals surface area contributed by atoms with E-state index in [1.54, 1.807) is 6.20 Å². The van der Waals surface area contributed by atoms with E-state index in [-0.39, 0.29) is 0 Å². The van der Waals surface area contributed by atoms with Crippen molar-refractivity contribution in [1.82, 2.24) is 10.3 Å². The fourth-order valence-electron chi connectivity index (χ4n) is 0.779. The molecule has 68 valence electrons. The van der Waals surface area contributed by atoms with Gasteiger partial charge in [0.05, 0.1) is 12.7 Å². The van der Waals surface area contributed by atoms with Crippen LogP contribution in [-0.2, 0) is 6.54 Å². The summed E-state index contributed by atoms with van der Waals surface area (Å²) in [6, 6.07) is 0. The van der Waals surface area contributed by atoms with Crippen molar-refractivity contribution in [1.29, 1.82) is 0 Å². The third kappa shape index (κ3) is 2.84. The second kappa shape index (κ2) is 5.18. The minimum absolute atomic E-state index is 0.642. The smallest absolute Gasteiger partial charge is 0.255 e. The number of nitrogens with two attached hydrogens (primary N) is 1. The van der Waals surface area contributed by atoms with E-state index < -0.39 is 0 Å². The molecule has 0 atom stereocenters. The number of rotatable bonds is 5. The third-order valence-corrected chi connectivity index (χ3v) is 1.87. The molecule has 1 aromatic rings. The van der Waals surface area contributed by atoms with Gasteiger partial charge in [0.25, 0.3) is 5.22 Å². The number of nitrogens with zero attached hydrogens (tertiary/aromatic N) is 1. The summed E-state index contributed by atoms with van der Waals surface area (Å²) in [7, 11) is 0. The summed E-state index contributed by atoms with van der Waals surface area (Å²) >= 11 is 1.50. The van der Waals surface area contributed by atoms with E-state index in [0.29, 0.717) is 18.3 Å². The first-order valence-electron chi connectivity index (χ1n) is 3.76. The van der Waals surface area contributed by atoms with Crippen molar-refractivity contribution in [2.45, 2.75) is 11.8 Å². The average Bonchev–Trinajstić information content (AvgIpc) is 2.53. The lowest BCUT2D eigenvalue weighted by molar-refractivity contribution is 0.405. The fourth-order valence-corrected chi connectivity index (χ4v) is 1.13. The van der Waals surface area contributed by atoms with Crippen molar-refractivity contribution in [2.24, 2.45) is 5.73 Å². The lowest BCUT2D eigenvalue weighted by Gasteiger charge is -1.97. The quantitative estimate of drug-likeness (QED) is 0.517. The van der Waals surface area contributed by atoms with Gasteiger partial charge in [0.2, 0.25) is 0 Å². The number of oxazole rings is 1. The van der Waals surface area contributed by atoms with E-state index in [9.17, 15) is 0 Å². The maximum absolute atomic E-state index is 5.33. The molecule has 0 saturated carbocycles. The molecular formula is C7H13N3OS. The Balaban J connectivity index is 2.31. The number of aromatic nitrogens is 1. The van der Waals surface area contributed by atoms with E-state index >= 15 is 0 Å². The summed E-state index contributed by atoms with van der Waals surface area (Å²) in [5.41, 5.74) is 5.31. The maximum Gasteiger partial charge on any atom is 0.255 e. The zero-order valence-corrected chi connectivity index (χ0v) is 7.86. The van der Waals surface area contributed by atoms with Crippen LogP contribution in [0.25, 0.3) is 0 Å². The number of thioether (sulfide) groups is 1. The molecule has 0 aromatic carbocycles. The van der Waals surface area contributed by atoms with E-state index in [1.807, 2.05) is 6.26 Å². The summed E-state index contributed by atoms with van der Waals surface area (Å²) in [4.78, 5) is 4.04. The van der Waals surface area contributed by atoms with Crippen molar-refractivity contribution in [3.05, 3.63) is 12.0 Å². The van der Waals surface area contributed by atoms with Gasteiger partial charge in [0.1, 0.15) is 5.76 Å². The maximum atomic E-state index is 5.33. The van der Waals surface area contributed by atoms with Gasteiger partial charge in [-0.05, 0) is 6.26 Å². The van der Waals surface area contributed by atoms with Gasteiger partial charge in [0.15, 0.2) is 0 Å². The van der Waals surface area contributed by atoms with Crippen molar-refractivity contribution >= 4 is 11.8 Å². The first-order valence-corrected chi connectivity index (χ1v) is 4.98. The molecule has 4 nitrogen and oxygen atoms in total. The molecule has 5 heteroatoms. The van der Waals surface area contributed by atoms with Gasteiger partial charge >= 0.3 is 0 Å². The lowest BCUT2D eigenvalue weighted by atomic mass is 10.5. The minimum Gasteiger partial charge on any atom is -0.435 e. The second-order valence-corrected chi connectivity index (χ2v) is 3.02. The van der Waals surface area contributed by atoms with Crippen LogP contribution in [0.2, 0.25) is 0 Å². The predicted octanol–water partition coefficient (Wildman–Crippen LogP) is 0.445. The van der Waals surface area contributed by atoms with Crippen molar-refractivity contribution in [3.8, 4) is 0 Å². The van der Waals surface area contributed by atoms with Crippen molar-refractivity contribution in [3.63, 3.8) is 0 Å². The highest BCUT2D eigenvalue weighted by Crippen LogP contribution is 2.13. The highest BCUT2D eigenvalue weighted by atomic mass is 32.2. The number of hydrogen-bond donors (Lipinski definition) is 2. The first kappa shape index (κ1) is 9.57. The van der Waals surface area contributed by atoms with E-state index in [1.165, 1.54) is 11.8 Å². The Bertz CT molecular complexity index is 226. The Morgan fingerprint density at radius 1 is 1.75 bits per heavy atom. The summed E-state index contributed by atoms with van der Waals surface area (Å²) in [6.07, 6.45) is 3.66. The van der Waals surface area contributed by atoms with Crippen LogP contribution >= 0.6 is 11.8 Å². The molecule has 1 aromatic heterocycles. The minimum atomic E-state index is 0.642. The number of hydrogen-bond acceptors (Lipinski definition) is 5. The van der Waals surface area contributed by atoms with Crippen molar-refractivity contribution in [2.75, 3.05) is 19.3 Å². The molecule has 0 aliphatic heterocycles. The van der Waals surface area contributed by atoms with Crippen LogP contribution in [0.15, 0.2) is 15.8 Å². The molecule has 1 heterocycles. The Morgan fingerprint density at radius 3 is 3.17 bits per heavy atom. The molecule has 0 aliphatic rings. The van der Waals surface area contributed by atoms with Crippen LogP contribution < -0.4 is 11.1 Å². The topological polar surface area (TPSA) is 64.1 Å². The highest BCUT2D eigenvalue weighted by molar-refractivity contribution is 7.98. The van der Waals surface area contributed by atoms with Crippen LogP contribution in [0.5, 0.6) is 0 Å². The molecule has 12 heavy (non-hydrogen) atoms. The Labute approximate surface area is 75.9 Å². The van der Waals surface area contributed by atoms with Crippen LogP contribution in [0.1, 0.15) is 5.76 Å². The van der Waals surface area contributed by atoms with Crippen LogP contribution in [0.4, 0.5) is 0 Å². The standard InChI is InChI=1S/C7H13N3OS/c1-12-7-10-5-6(11-7)4-9-3-2-8/h5,9H,2-4,8H2,1H3. The fraction of sp³-hybridized carbons (Fsp3) is 0.571. The molecule has 3 N–H and O–H groups in total. The summed E-state index contributed by atoms with van der Waals surface area (Å²) in [5.74, 6) is 0.854. The third-order valence-electron chi connectivity index (χ3n) is 1.33. The molecule has 0 fully saturated rings. The van der Waals surface area contributed by atoms with Crippen LogP contribution in [0, 0.1) is 0 Å². The van der Waals surface area contributed by atoms with Gasteiger partial charge in [-0.15, -0.1) is 0 Å². The molecule has 0 radical (unpaired) electrons. The van der Waals surface area contributed by atoms with Gasteiger partial charge in [-0.25, -0.2) is 4.98 Å². The molecule has 0 amide bonds. The highest BCUT2D eigenvalue weighted by Gasteiger charge is 2.00. The normalized spacial score (nSPS) is 10.5. The van der Waals surface area contributed by atoms with Gasteiger partial charge < -0.3 is 15.5 Å². The molecule has 0 unspecified atom stereocenters. The molecule has 0 aliphatic carbocycles. The second-order valence-electron chi connectivity index (χ2n) is 2.26. The predicted molar refractivity (Wildman–Crippen MR) is 49.0 cm³/mol. The van der Waals surface area contributed by atoms with Gasteiger partial charge in [0, 0.05) is 13.1 Å². The zero-order chi connectivity index (χ0) is 8.81. The summed E-state index contributed by atoms with van der Waals surface area (Å²) in [5, 5.41) is 3.83. The average molecular weight is 187 g/mol. The monoisotopic (exact) mass is 187 g/mol. The summed E-state index contributed by atoms with van der Waals surface area (Å²) in [6.45, 7) is 2.14. The Hall–Kier alpha value is -0.520. The Morgan fingerprint density at radius 2 is 2.58 bits per heavy atom. The molecular weight excluding hydrogens is 174 g/mol. The van der Waals surface area contributed by atoms with Crippen LogP contribution in [-0.4, -0.2) is 24.3 Å². The van der Waals surface area contributed by atoms with Crippen molar-refractivity contribution < 1.29 is 4.42 Å². The van der Waals surface area contributed by atoms with Gasteiger partial charge in [-0.2, -0.15) is 0 Å². The van der Waals surface area contributed by atoms with Crippen LogP contribution in [0.3, 0.4) is 0 Å². The van der Waals surface area contributed by atoms with Gasteiger partial charge in [-0.1, -0.05) is 11.8 Å². The molecule has 1 rings (SSSR count). The van der Waals surface area contributed by atoms with E-state index in [2.05, 4.69) is 10.3 Å². The van der Waals surface area contributed by atoms with E-state index in [4.69, 9.17) is 10.2 Å². The van der Waals surface area contributed by atoms with E-state index in [0.717, 1.165) is 12.3 Å².